The minimum Gasteiger partial charge on any atom is -0.488 e. The third-order valence-corrected chi connectivity index (χ3v) is 4.82. The molecule has 1 aliphatic rings. The maximum Gasteiger partial charge on any atom is 0.338 e. The van der Waals surface area contributed by atoms with Crippen LogP contribution in [0.3, 0.4) is 0 Å². The summed E-state index contributed by atoms with van der Waals surface area (Å²) in [6.07, 6.45) is 2.36. The van der Waals surface area contributed by atoms with Crippen LogP contribution in [-0.2, 0) is 16.1 Å². The highest BCUT2D eigenvalue weighted by molar-refractivity contribution is 9.10. The first-order valence-corrected chi connectivity index (χ1v) is 9.13. The third-order valence-electron chi connectivity index (χ3n) is 4.17. The third kappa shape index (κ3) is 4.69. The Balaban J connectivity index is 1.57. The van der Waals surface area contributed by atoms with Crippen molar-refractivity contribution in [2.24, 2.45) is 0 Å². The molecule has 4 nitrogen and oxygen atoms in total. The van der Waals surface area contributed by atoms with Crippen LogP contribution in [0.15, 0.2) is 53.0 Å². The number of halogens is 1. The Morgan fingerprint density at radius 1 is 1.08 bits per heavy atom. The number of para-hydroxylation sites is 1. The van der Waals surface area contributed by atoms with E-state index < -0.39 is 12.1 Å². The van der Waals surface area contributed by atoms with Gasteiger partial charge in [0.15, 0.2) is 11.9 Å². The van der Waals surface area contributed by atoms with Gasteiger partial charge in [0.25, 0.3) is 0 Å². The predicted molar refractivity (Wildman–Crippen MR) is 97.6 cm³/mol. The van der Waals surface area contributed by atoms with Gasteiger partial charge in [-0.15, -0.1) is 0 Å². The first-order chi connectivity index (χ1) is 12.1. The topological polar surface area (TPSA) is 52.6 Å². The molecular weight excluding hydrogens is 384 g/mol. The normalized spacial score (nSPS) is 17.2. The van der Waals surface area contributed by atoms with Crippen molar-refractivity contribution in [3.63, 3.8) is 0 Å². The fraction of sp³-hybridized carbons (Fsp3) is 0.300. The molecular formula is C20H19BrO4. The van der Waals surface area contributed by atoms with Crippen LogP contribution in [0.4, 0.5) is 0 Å². The van der Waals surface area contributed by atoms with Crippen LogP contribution < -0.4 is 4.74 Å². The summed E-state index contributed by atoms with van der Waals surface area (Å²) in [5.41, 5.74) is 1.39. The van der Waals surface area contributed by atoms with E-state index in [9.17, 15) is 9.59 Å². The Bertz CT molecular complexity index is 755. The molecule has 0 aliphatic heterocycles. The van der Waals surface area contributed by atoms with Crippen molar-refractivity contribution < 1.29 is 19.1 Å². The van der Waals surface area contributed by atoms with Gasteiger partial charge in [0.05, 0.1) is 10.0 Å². The first kappa shape index (κ1) is 17.7. The number of benzene rings is 2. The summed E-state index contributed by atoms with van der Waals surface area (Å²) < 4.78 is 12.0. The average Bonchev–Trinajstić information content (AvgIpc) is 2.63. The first-order valence-electron chi connectivity index (χ1n) is 8.33. The van der Waals surface area contributed by atoms with Gasteiger partial charge >= 0.3 is 5.97 Å². The molecule has 25 heavy (non-hydrogen) atoms. The zero-order valence-corrected chi connectivity index (χ0v) is 15.3. The second-order valence-corrected chi connectivity index (χ2v) is 6.88. The molecule has 0 aromatic heterocycles. The van der Waals surface area contributed by atoms with Gasteiger partial charge in [-0.3, -0.25) is 4.79 Å². The minimum atomic E-state index is -0.584. The number of carbonyl (C=O) groups is 2. The lowest BCUT2D eigenvalue weighted by atomic mass is 9.96. The zero-order chi connectivity index (χ0) is 17.6. The van der Waals surface area contributed by atoms with Crippen molar-refractivity contribution in [3.8, 4) is 5.75 Å². The smallest absolute Gasteiger partial charge is 0.338 e. The number of Topliss-reactive ketones (excluding diaryl/α,β-unsaturated/α-hetero) is 1. The van der Waals surface area contributed by atoms with Gasteiger partial charge in [-0.25, -0.2) is 4.79 Å². The Kier molecular flexibility index (Phi) is 5.87. The highest BCUT2D eigenvalue weighted by Gasteiger charge is 2.26. The number of ketones is 1. The van der Waals surface area contributed by atoms with Crippen molar-refractivity contribution in [2.75, 3.05) is 0 Å². The molecule has 1 atom stereocenters. The maximum atomic E-state index is 12.2. The van der Waals surface area contributed by atoms with E-state index in [2.05, 4.69) is 15.9 Å². The minimum absolute atomic E-state index is 0.0260. The molecule has 0 spiro atoms. The molecule has 0 N–H and O–H groups in total. The summed E-state index contributed by atoms with van der Waals surface area (Å²) in [5.74, 6) is 0.346. The predicted octanol–water partition coefficient (Wildman–Crippen LogP) is 4.70. The number of hydrogen-bond donors (Lipinski definition) is 0. The van der Waals surface area contributed by atoms with Gasteiger partial charge in [0, 0.05) is 6.42 Å². The Hall–Kier alpha value is -2.14. The van der Waals surface area contributed by atoms with E-state index in [1.54, 1.807) is 12.1 Å². The number of ether oxygens (including phenoxy) is 2. The number of hydrogen-bond acceptors (Lipinski definition) is 4. The lowest BCUT2D eigenvalue weighted by Gasteiger charge is -2.20. The van der Waals surface area contributed by atoms with Crippen molar-refractivity contribution in [1.29, 1.82) is 0 Å². The standard InChI is InChI=1S/C20H19BrO4/c21-16-5-1-3-7-18(16)24-13-14-9-11-15(12-10-14)20(23)25-19-8-4-2-6-17(19)22/h1,3,5,7,9-12,19H,2,4,6,8,13H2/t19-/m1/s1. The summed E-state index contributed by atoms with van der Waals surface area (Å²) in [6.45, 7) is 0.402. The molecule has 2 aromatic carbocycles. The fourth-order valence-corrected chi connectivity index (χ4v) is 3.13. The van der Waals surface area contributed by atoms with Gasteiger partial charge in [-0.1, -0.05) is 24.3 Å². The lowest BCUT2D eigenvalue weighted by molar-refractivity contribution is -0.129. The van der Waals surface area contributed by atoms with Crippen LogP contribution >= 0.6 is 15.9 Å². The molecule has 0 saturated heterocycles. The van der Waals surface area contributed by atoms with E-state index in [4.69, 9.17) is 9.47 Å². The Morgan fingerprint density at radius 3 is 2.56 bits per heavy atom. The van der Waals surface area contributed by atoms with Crippen LogP contribution in [0.2, 0.25) is 0 Å². The van der Waals surface area contributed by atoms with Crippen molar-refractivity contribution >= 4 is 27.7 Å². The van der Waals surface area contributed by atoms with Gasteiger partial charge in [0.1, 0.15) is 12.4 Å². The summed E-state index contributed by atoms with van der Waals surface area (Å²) >= 11 is 3.44. The number of rotatable bonds is 5. The number of carbonyl (C=O) groups excluding carboxylic acids is 2. The van der Waals surface area contributed by atoms with Gasteiger partial charge in [-0.05, 0) is 65.0 Å². The zero-order valence-electron chi connectivity index (χ0n) is 13.7. The van der Waals surface area contributed by atoms with Crippen LogP contribution in [0.5, 0.6) is 5.75 Å². The van der Waals surface area contributed by atoms with Gasteiger partial charge in [0.2, 0.25) is 0 Å². The highest BCUT2D eigenvalue weighted by Crippen LogP contribution is 2.25. The molecule has 1 fully saturated rings. The monoisotopic (exact) mass is 402 g/mol. The number of esters is 1. The van der Waals surface area contributed by atoms with Crippen LogP contribution in [-0.4, -0.2) is 17.9 Å². The van der Waals surface area contributed by atoms with E-state index in [-0.39, 0.29) is 5.78 Å². The maximum absolute atomic E-state index is 12.2. The second-order valence-electron chi connectivity index (χ2n) is 6.02. The highest BCUT2D eigenvalue weighted by atomic mass is 79.9. The second kappa shape index (κ2) is 8.30. The quantitative estimate of drug-likeness (QED) is 0.680. The Morgan fingerprint density at radius 2 is 1.84 bits per heavy atom. The van der Waals surface area contributed by atoms with Gasteiger partial charge in [-0.2, -0.15) is 0 Å². The van der Waals surface area contributed by atoms with Crippen molar-refractivity contribution in [3.05, 3.63) is 64.1 Å². The molecule has 1 aliphatic carbocycles. The molecule has 0 bridgehead atoms. The van der Waals surface area contributed by atoms with E-state index >= 15 is 0 Å². The van der Waals surface area contributed by atoms with Crippen LogP contribution in [0.25, 0.3) is 0 Å². The van der Waals surface area contributed by atoms with Crippen LogP contribution in [0, 0.1) is 0 Å². The molecule has 0 heterocycles. The molecule has 0 radical (unpaired) electrons. The molecule has 2 aromatic rings. The van der Waals surface area contributed by atoms with Crippen molar-refractivity contribution in [2.45, 2.75) is 38.4 Å². The van der Waals surface area contributed by atoms with Crippen LogP contribution in [0.1, 0.15) is 41.6 Å². The van der Waals surface area contributed by atoms with E-state index in [0.717, 1.165) is 28.6 Å². The lowest BCUT2D eigenvalue weighted by Crippen LogP contribution is -2.30. The van der Waals surface area contributed by atoms with E-state index in [0.29, 0.717) is 25.0 Å². The molecule has 3 rings (SSSR count). The molecule has 5 heteroatoms. The van der Waals surface area contributed by atoms with Gasteiger partial charge < -0.3 is 9.47 Å². The summed E-state index contributed by atoms with van der Waals surface area (Å²) in [5, 5.41) is 0. The molecule has 0 unspecified atom stereocenters. The molecule has 130 valence electrons. The van der Waals surface area contributed by atoms with Crippen molar-refractivity contribution in [1.82, 2.24) is 0 Å². The SMILES string of the molecule is O=C(O[C@@H]1CCCCC1=O)c1ccc(COc2ccccc2Br)cc1. The Labute approximate surface area is 155 Å². The van der Waals surface area contributed by atoms with E-state index in [1.165, 1.54) is 0 Å². The van der Waals surface area contributed by atoms with E-state index in [1.807, 2.05) is 36.4 Å². The molecule has 0 amide bonds. The summed E-state index contributed by atoms with van der Waals surface area (Å²) in [4.78, 5) is 23.9. The average molecular weight is 403 g/mol. The fourth-order valence-electron chi connectivity index (χ4n) is 2.73. The summed E-state index contributed by atoms with van der Waals surface area (Å²) in [7, 11) is 0. The molecule has 1 saturated carbocycles. The summed E-state index contributed by atoms with van der Waals surface area (Å²) in [6, 6.07) is 14.7. The largest absolute Gasteiger partial charge is 0.488 e.